The molecule has 0 bridgehead atoms. The molecule has 0 saturated carbocycles. The van der Waals surface area contributed by atoms with Crippen molar-refractivity contribution in [2.24, 2.45) is 11.1 Å². The Hall–Kier alpha value is -1.35. The lowest BCUT2D eigenvalue weighted by atomic mass is 9.69. The van der Waals surface area contributed by atoms with Crippen LogP contribution in [-0.2, 0) is 0 Å². The van der Waals surface area contributed by atoms with Crippen molar-refractivity contribution in [1.82, 2.24) is 0 Å². The highest BCUT2D eigenvalue weighted by molar-refractivity contribution is 6.04. The van der Waals surface area contributed by atoms with E-state index in [1.54, 1.807) is 7.11 Å². The first kappa shape index (κ1) is 15.7. The van der Waals surface area contributed by atoms with Gasteiger partial charge in [-0.05, 0) is 44.9 Å². The molecular weight excluding hydrogens is 238 g/mol. The van der Waals surface area contributed by atoms with Crippen LogP contribution >= 0.6 is 0 Å². The Bertz CT molecular complexity index is 496. The first-order chi connectivity index (χ1) is 8.52. The lowest BCUT2D eigenvalue weighted by Crippen LogP contribution is -2.52. The number of aryl methyl sites for hydroxylation is 2. The maximum absolute atomic E-state index is 12.9. The molecule has 0 heterocycles. The largest absolute Gasteiger partial charge is 0.496 e. The van der Waals surface area contributed by atoms with Gasteiger partial charge in [0.05, 0.1) is 12.7 Å². The molecule has 0 aliphatic rings. The first-order valence-corrected chi connectivity index (χ1v) is 6.51. The van der Waals surface area contributed by atoms with Crippen LogP contribution in [0.15, 0.2) is 12.1 Å². The van der Waals surface area contributed by atoms with Gasteiger partial charge in [-0.2, -0.15) is 0 Å². The van der Waals surface area contributed by atoms with Crippen LogP contribution in [0.4, 0.5) is 0 Å². The number of hydrogen-bond donors (Lipinski definition) is 1. The highest BCUT2D eigenvalue weighted by atomic mass is 16.5. The number of ether oxygens (including phenoxy) is 1. The average Bonchev–Trinajstić information content (AvgIpc) is 2.25. The van der Waals surface area contributed by atoms with Crippen molar-refractivity contribution in [3.05, 3.63) is 28.8 Å². The zero-order chi connectivity index (χ0) is 15.0. The van der Waals surface area contributed by atoms with Crippen molar-refractivity contribution < 1.29 is 9.53 Å². The molecule has 19 heavy (non-hydrogen) atoms. The number of benzene rings is 1. The summed E-state index contributed by atoms with van der Waals surface area (Å²) in [4.78, 5) is 12.9. The van der Waals surface area contributed by atoms with Gasteiger partial charge in [-0.25, -0.2) is 0 Å². The van der Waals surface area contributed by atoms with E-state index in [-0.39, 0.29) is 5.78 Å². The highest BCUT2D eigenvalue weighted by Crippen LogP contribution is 2.36. The van der Waals surface area contributed by atoms with Crippen molar-refractivity contribution in [3.63, 3.8) is 0 Å². The number of ketones is 1. The lowest BCUT2D eigenvalue weighted by Gasteiger charge is -2.37. The number of nitrogens with two attached hydrogens (primary N) is 1. The van der Waals surface area contributed by atoms with E-state index >= 15 is 0 Å². The highest BCUT2D eigenvalue weighted by Gasteiger charge is 2.42. The smallest absolute Gasteiger partial charge is 0.174 e. The molecule has 0 amide bonds. The third-order valence-corrected chi connectivity index (χ3v) is 4.07. The van der Waals surface area contributed by atoms with Gasteiger partial charge in [-0.15, -0.1) is 0 Å². The Labute approximate surface area is 116 Å². The Morgan fingerprint density at radius 2 is 1.68 bits per heavy atom. The van der Waals surface area contributed by atoms with Gasteiger partial charge in [-0.1, -0.05) is 19.9 Å². The summed E-state index contributed by atoms with van der Waals surface area (Å²) in [6.45, 7) is 11.4. The van der Waals surface area contributed by atoms with Crippen LogP contribution in [0.3, 0.4) is 0 Å². The predicted octanol–water partition coefficient (Wildman–Crippen LogP) is 3.26. The Morgan fingerprint density at radius 1 is 1.16 bits per heavy atom. The van der Waals surface area contributed by atoms with Gasteiger partial charge in [-0.3, -0.25) is 4.79 Å². The van der Waals surface area contributed by atoms with Crippen LogP contribution in [0.2, 0.25) is 0 Å². The molecule has 0 atom stereocenters. The zero-order valence-corrected chi connectivity index (χ0v) is 13.0. The van der Waals surface area contributed by atoms with E-state index in [4.69, 9.17) is 10.5 Å². The van der Waals surface area contributed by atoms with Crippen LogP contribution in [0, 0.1) is 19.3 Å². The maximum Gasteiger partial charge on any atom is 0.174 e. The monoisotopic (exact) mass is 263 g/mol. The van der Waals surface area contributed by atoms with Crippen molar-refractivity contribution in [2.75, 3.05) is 7.11 Å². The fraction of sp³-hybridized carbons (Fsp3) is 0.562. The molecule has 1 aromatic rings. The molecule has 0 fully saturated rings. The molecular formula is C16H25NO2. The second kappa shape index (κ2) is 4.97. The topological polar surface area (TPSA) is 52.3 Å². The van der Waals surface area contributed by atoms with Crippen LogP contribution in [0.25, 0.3) is 0 Å². The molecule has 0 aromatic heterocycles. The molecule has 1 rings (SSSR count). The van der Waals surface area contributed by atoms with Gasteiger partial charge < -0.3 is 10.5 Å². The second-order valence-electron chi connectivity index (χ2n) is 6.33. The van der Waals surface area contributed by atoms with E-state index in [9.17, 15) is 4.79 Å². The lowest BCUT2D eigenvalue weighted by molar-refractivity contribution is 0.0731. The van der Waals surface area contributed by atoms with Crippen molar-refractivity contribution in [3.8, 4) is 5.75 Å². The summed E-state index contributed by atoms with van der Waals surface area (Å²) < 4.78 is 5.37. The standard InChI is InChI=1S/C16H25NO2/c1-10-8-11(2)13(12(9-10)19-7)14(18)15(3,4)16(5,6)17/h8-9H,17H2,1-7H3. The summed E-state index contributed by atoms with van der Waals surface area (Å²) in [6.07, 6.45) is 0. The molecule has 0 aliphatic carbocycles. The van der Waals surface area contributed by atoms with E-state index in [0.29, 0.717) is 11.3 Å². The van der Waals surface area contributed by atoms with Gasteiger partial charge in [0.1, 0.15) is 5.75 Å². The van der Waals surface area contributed by atoms with Gasteiger partial charge >= 0.3 is 0 Å². The SMILES string of the molecule is COc1cc(C)cc(C)c1C(=O)C(C)(C)C(C)(C)N. The molecule has 0 aliphatic heterocycles. The zero-order valence-electron chi connectivity index (χ0n) is 13.0. The summed E-state index contributed by atoms with van der Waals surface area (Å²) in [5.74, 6) is 0.647. The summed E-state index contributed by atoms with van der Waals surface area (Å²) in [6, 6.07) is 3.88. The molecule has 0 saturated heterocycles. The van der Waals surface area contributed by atoms with Gasteiger partial charge in [0.15, 0.2) is 5.78 Å². The van der Waals surface area contributed by atoms with E-state index in [1.807, 2.05) is 53.7 Å². The van der Waals surface area contributed by atoms with Crippen LogP contribution in [0.1, 0.15) is 49.2 Å². The molecule has 0 unspecified atom stereocenters. The quantitative estimate of drug-likeness (QED) is 0.848. The number of carbonyl (C=O) groups excluding carboxylic acids is 1. The van der Waals surface area contributed by atoms with Crippen molar-refractivity contribution in [1.29, 1.82) is 0 Å². The Kier molecular flexibility index (Phi) is 4.11. The normalized spacial score (nSPS) is 12.4. The maximum atomic E-state index is 12.9. The molecule has 106 valence electrons. The van der Waals surface area contributed by atoms with Crippen molar-refractivity contribution in [2.45, 2.75) is 47.1 Å². The van der Waals surface area contributed by atoms with Gasteiger partial charge in [0.25, 0.3) is 0 Å². The number of rotatable bonds is 4. The van der Waals surface area contributed by atoms with Crippen LogP contribution < -0.4 is 10.5 Å². The van der Waals surface area contributed by atoms with Gasteiger partial charge in [0, 0.05) is 11.0 Å². The summed E-state index contributed by atoms with van der Waals surface area (Å²) >= 11 is 0. The van der Waals surface area contributed by atoms with E-state index in [1.165, 1.54) is 0 Å². The summed E-state index contributed by atoms with van der Waals surface area (Å²) in [5, 5.41) is 0. The number of methoxy groups -OCH3 is 1. The third-order valence-electron chi connectivity index (χ3n) is 4.07. The first-order valence-electron chi connectivity index (χ1n) is 6.51. The van der Waals surface area contributed by atoms with E-state index in [0.717, 1.165) is 11.1 Å². The minimum absolute atomic E-state index is 0.0225. The van der Waals surface area contributed by atoms with Gasteiger partial charge in [0.2, 0.25) is 0 Å². The minimum Gasteiger partial charge on any atom is -0.496 e. The Balaban J connectivity index is 3.43. The molecule has 1 aromatic carbocycles. The Morgan fingerprint density at radius 3 is 2.11 bits per heavy atom. The van der Waals surface area contributed by atoms with E-state index in [2.05, 4.69) is 0 Å². The average molecular weight is 263 g/mol. The number of carbonyl (C=O) groups is 1. The van der Waals surface area contributed by atoms with Crippen LogP contribution in [-0.4, -0.2) is 18.4 Å². The summed E-state index contributed by atoms with van der Waals surface area (Å²) in [5.41, 5.74) is 7.54. The minimum atomic E-state index is -0.666. The molecule has 2 N–H and O–H groups in total. The molecule has 3 nitrogen and oxygen atoms in total. The fourth-order valence-electron chi connectivity index (χ4n) is 1.99. The summed E-state index contributed by atoms with van der Waals surface area (Å²) in [7, 11) is 1.59. The molecule has 0 radical (unpaired) electrons. The molecule has 3 heteroatoms. The third kappa shape index (κ3) is 2.81. The van der Waals surface area contributed by atoms with Crippen molar-refractivity contribution >= 4 is 5.78 Å². The number of hydrogen-bond acceptors (Lipinski definition) is 3. The second-order valence-corrected chi connectivity index (χ2v) is 6.33. The van der Waals surface area contributed by atoms with Crippen LogP contribution in [0.5, 0.6) is 5.75 Å². The fourth-order valence-corrected chi connectivity index (χ4v) is 1.99. The van der Waals surface area contributed by atoms with E-state index < -0.39 is 11.0 Å². The number of Topliss-reactive ketones (excluding diaryl/α,β-unsaturated/α-hetero) is 1. The molecule has 0 spiro atoms. The predicted molar refractivity (Wildman–Crippen MR) is 78.8 cm³/mol.